The van der Waals surface area contributed by atoms with Gasteiger partial charge in [0.2, 0.25) is 5.91 Å². The van der Waals surface area contributed by atoms with E-state index in [0.717, 1.165) is 38.8 Å². The molecule has 2 atom stereocenters. The second kappa shape index (κ2) is 7.68. The molecule has 0 aromatic heterocycles. The molecule has 2 aliphatic rings. The maximum Gasteiger partial charge on any atom is 0.306 e. The summed E-state index contributed by atoms with van der Waals surface area (Å²) in [7, 11) is 0. The predicted octanol–water partition coefficient (Wildman–Crippen LogP) is 2.75. The van der Waals surface area contributed by atoms with Crippen molar-refractivity contribution in [3.63, 3.8) is 0 Å². The number of anilines is 1. The predicted molar refractivity (Wildman–Crippen MR) is 93.3 cm³/mol. The molecular formula is C19H24N2O4. The molecule has 6 nitrogen and oxygen atoms in total. The number of amides is 2. The van der Waals surface area contributed by atoms with Crippen LogP contribution in [0.3, 0.4) is 0 Å². The topological polar surface area (TPSA) is 86.7 Å². The van der Waals surface area contributed by atoms with Crippen molar-refractivity contribution in [2.24, 2.45) is 11.8 Å². The summed E-state index contributed by atoms with van der Waals surface area (Å²) in [6.45, 7) is 1.62. The second-order valence-corrected chi connectivity index (χ2v) is 6.96. The number of nitrogens with zero attached hydrogens (tertiary/aromatic N) is 1. The number of hydrogen-bond acceptors (Lipinski definition) is 3. The van der Waals surface area contributed by atoms with Gasteiger partial charge in [0, 0.05) is 30.3 Å². The van der Waals surface area contributed by atoms with Crippen LogP contribution in [-0.2, 0) is 9.59 Å². The molecule has 0 bridgehead atoms. The van der Waals surface area contributed by atoms with Crippen LogP contribution in [0, 0.1) is 11.8 Å². The van der Waals surface area contributed by atoms with Crippen molar-refractivity contribution in [3.8, 4) is 0 Å². The number of likely N-dealkylation sites (tertiary alicyclic amines) is 1. The largest absolute Gasteiger partial charge is 0.481 e. The van der Waals surface area contributed by atoms with Crippen LogP contribution >= 0.6 is 0 Å². The van der Waals surface area contributed by atoms with Crippen LogP contribution in [-0.4, -0.2) is 40.9 Å². The molecule has 1 saturated heterocycles. The van der Waals surface area contributed by atoms with Crippen LogP contribution in [0.1, 0.15) is 48.9 Å². The highest BCUT2D eigenvalue weighted by molar-refractivity contribution is 5.96. The standard InChI is InChI=1S/C19H24N2O4/c22-17(14-4-3-5-15(12-14)19(24)25)20-16-8-6-13(7-9-16)18(23)21-10-1-2-11-21/h6-9,14-15H,1-5,10-12H2,(H,20,22)(H,24,25). The van der Waals surface area contributed by atoms with Crippen molar-refractivity contribution in [3.05, 3.63) is 29.8 Å². The molecule has 3 rings (SSSR count). The highest BCUT2D eigenvalue weighted by Gasteiger charge is 2.31. The fourth-order valence-corrected chi connectivity index (χ4v) is 3.70. The van der Waals surface area contributed by atoms with Crippen LogP contribution in [0.25, 0.3) is 0 Å². The first kappa shape index (κ1) is 17.5. The number of aliphatic carboxylic acids is 1. The summed E-state index contributed by atoms with van der Waals surface area (Å²) in [5.41, 5.74) is 1.27. The number of nitrogens with one attached hydrogen (secondary N) is 1. The van der Waals surface area contributed by atoms with E-state index in [1.807, 2.05) is 4.90 Å². The van der Waals surface area contributed by atoms with Crippen LogP contribution in [0.15, 0.2) is 24.3 Å². The molecule has 1 saturated carbocycles. The zero-order valence-corrected chi connectivity index (χ0v) is 14.2. The fourth-order valence-electron chi connectivity index (χ4n) is 3.70. The molecule has 0 radical (unpaired) electrons. The zero-order chi connectivity index (χ0) is 17.8. The van der Waals surface area contributed by atoms with Gasteiger partial charge < -0.3 is 15.3 Å². The van der Waals surface area contributed by atoms with Gasteiger partial charge >= 0.3 is 5.97 Å². The molecule has 2 amide bonds. The molecule has 6 heteroatoms. The molecule has 134 valence electrons. The molecule has 2 fully saturated rings. The summed E-state index contributed by atoms with van der Waals surface area (Å²) in [6.07, 6.45) is 4.63. The van der Waals surface area contributed by atoms with Crippen molar-refractivity contribution < 1.29 is 19.5 Å². The Hall–Kier alpha value is -2.37. The number of rotatable bonds is 4. The molecule has 2 N–H and O–H groups in total. The first-order chi connectivity index (χ1) is 12.0. The molecule has 2 unspecified atom stereocenters. The first-order valence-corrected chi connectivity index (χ1v) is 8.97. The summed E-state index contributed by atoms with van der Waals surface area (Å²) in [6, 6.07) is 6.94. The zero-order valence-electron chi connectivity index (χ0n) is 14.2. The Kier molecular flexibility index (Phi) is 5.36. The summed E-state index contributed by atoms with van der Waals surface area (Å²) >= 11 is 0. The number of carbonyl (C=O) groups excluding carboxylic acids is 2. The highest BCUT2D eigenvalue weighted by Crippen LogP contribution is 2.30. The van der Waals surface area contributed by atoms with Gasteiger partial charge in [-0.2, -0.15) is 0 Å². The van der Waals surface area contributed by atoms with Gasteiger partial charge in [-0.25, -0.2) is 0 Å². The van der Waals surface area contributed by atoms with Gasteiger partial charge in [0.25, 0.3) is 5.91 Å². The lowest BCUT2D eigenvalue weighted by atomic mass is 9.81. The van der Waals surface area contributed by atoms with Crippen molar-refractivity contribution >= 4 is 23.5 Å². The minimum atomic E-state index is -0.817. The number of benzene rings is 1. The molecule has 1 aliphatic carbocycles. The average molecular weight is 344 g/mol. The molecule has 1 heterocycles. The Balaban J connectivity index is 1.58. The fraction of sp³-hybridized carbons (Fsp3) is 0.526. The molecule has 1 aliphatic heterocycles. The Morgan fingerprint density at radius 1 is 0.960 bits per heavy atom. The van der Waals surface area contributed by atoms with Gasteiger partial charge in [0.05, 0.1) is 5.92 Å². The molecule has 25 heavy (non-hydrogen) atoms. The van der Waals surface area contributed by atoms with E-state index < -0.39 is 11.9 Å². The normalized spacial score (nSPS) is 23.3. The summed E-state index contributed by atoms with van der Waals surface area (Å²) in [4.78, 5) is 37.7. The van der Waals surface area contributed by atoms with Gasteiger partial charge in [-0.15, -0.1) is 0 Å². The third-order valence-corrected chi connectivity index (χ3v) is 5.19. The molecule has 1 aromatic rings. The van der Waals surface area contributed by atoms with Gasteiger partial charge in [-0.3, -0.25) is 14.4 Å². The minimum absolute atomic E-state index is 0.0342. The van der Waals surface area contributed by atoms with Crippen molar-refractivity contribution in [2.75, 3.05) is 18.4 Å². The van der Waals surface area contributed by atoms with E-state index in [2.05, 4.69) is 5.32 Å². The Morgan fingerprint density at radius 3 is 2.24 bits per heavy atom. The summed E-state index contributed by atoms with van der Waals surface area (Å²) in [5.74, 6) is -1.61. The van der Waals surface area contributed by atoms with Crippen molar-refractivity contribution in [1.29, 1.82) is 0 Å². The Morgan fingerprint density at radius 2 is 1.60 bits per heavy atom. The van der Waals surface area contributed by atoms with Gasteiger partial charge in [0.1, 0.15) is 0 Å². The average Bonchev–Trinajstić information content (AvgIpc) is 3.16. The Labute approximate surface area is 147 Å². The molecular weight excluding hydrogens is 320 g/mol. The van der Waals surface area contributed by atoms with Gasteiger partial charge in [-0.05, 0) is 56.4 Å². The molecule has 0 spiro atoms. The second-order valence-electron chi connectivity index (χ2n) is 6.96. The third kappa shape index (κ3) is 4.18. The lowest BCUT2D eigenvalue weighted by Gasteiger charge is -2.25. The molecule has 1 aromatic carbocycles. The van der Waals surface area contributed by atoms with Crippen LogP contribution in [0.4, 0.5) is 5.69 Å². The lowest BCUT2D eigenvalue weighted by Crippen LogP contribution is -2.31. The van der Waals surface area contributed by atoms with Crippen molar-refractivity contribution in [2.45, 2.75) is 38.5 Å². The van der Waals surface area contributed by atoms with Gasteiger partial charge in [-0.1, -0.05) is 6.42 Å². The van der Waals surface area contributed by atoms with E-state index in [9.17, 15) is 14.4 Å². The van der Waals surface area contributed by atoms with Crippen molar-refractivity contribution in [1.82, 2.24) is 4.90 Å². The van der Waals surface area contributed by atoms with Crippen LogP contribution in [0.2, 0.25) is 0 Å². The first-order valence-electron chi connectivity index (χ1n) is 8.97. The number of carboxylic acid groups (broad SMARTS) is 1. The Bertz CT molecular complexity index is 650. The van der Waals surface area contributed by atoms with Gasteiger partial charge in [0.15, 0.2) is 0 Å². The number of carboxylic acids is 1. The third-order valence-electron chi connectivity index (χ3n) is 5.19. The maximum atomic E-state index is 12.4. The van der Waals surface area contributed by atoms with E-state index in [4.69, 9.17) is 5.11 Å². The van der Waals surface area contributed by atoms with E-state index >= 15 is 0 Å². The lowest BCUT2D eigenvalue weighted by molar-refractivity contribution is -0.143. The van der Waals surface area contributed by atoms with E-state index in [0.29, 0.717) is 24.1 Å². The highest BCUT2D eigenvalue weighted by atomic mass is 16.4. The smallest absolute Gasteiger partial charge is 0.306 e. The minimum Gasteiger partial charge on any atom is -0.481 e. The van der Waals surface area contributed by atoms with E-state index in [-0.39, 0.29) is 17.7 Å². The number of carbonyl (C=O) groups is 3. The van der Waals surface area contributed by atoms with Crippen LogP contribution in [0.5, 0.6) is 0 Å². The quantitative estimate of drug-likeness (QED) is 0.879. The van der Waals surface area contributed by atoms with E-state index in [1.165, 1.54) is 0 Å². The summed E-state index contributed by atoms with van der Waals surface area (Å²) < 4.78 is 0. The SMILES string of the molecule is O=C(O)C1CCCC(C(=O)Nc2ccc(C(=O)N3CCCC3)cc2)C1. The maximum absolute atomic E-state index is 12.4. The number of hydrogen-bond donors (Lipinski definition) is 2. The summed E-state index contributed by atoms with van der Waals surface area (Å²) in [5, 5.41) is 12.0. The monoisotopic (exact) mass is 344 g/mol. The van der Waals surface area contributed by atoms with E-state index in [1.54, 1.807) is 24.3 Å². The van der Waals surface area contributed by atoms with Crippen LogP contribution < -0.4 is 5.32 Å².